The molecule has 0 saturated heterocycles. The normalized spacial score (nSPS) is 12.1. The molecule has 0 aromatic carbocycles. The van der Waals surface area contributed by atoms with Gasteiger partial charge in [0.25, 0.3) is 0 Å². The number of hydrogen-bond donors (Lipinski definition) is 2. The lowest BCUT2D eigenvalue weighted by Gasteiger charge is -2.05. The summed E-state index contributed by atoms with van der Waals surface area (Å²) in [5, 5.41) is 23.1. The number of aliphatic hydroxyl groups excluding tert-OH is 2. The van der Waals surface area contributed by atoms with E-state index in [1.54, 1.807) is 82.3 Å². The summed E-state index contributed by atoms with van der Waals surface area (Å²) >= 11 is 17.3. The SMILES string of the molecule is O=C(CSCSCSCCS(=O)CSCSCSC(=O)CSCSCSCCOOCSCO)OCSCO. The molecule has 2 N–H and O–H groups in total. The summed E-state index contributed by atoms with van der Waals surface area (Å²) in [7, 11) is -0.835. The van der Waals surface area contributed by atoms with E-state index in [0.717, 1.165) is 53.8 Å². The highest BCUT2D eigenvalue weighted by Crippen LogP contribution is 2.23. The summed E-state index contributed by atoms with van der Waals surface area (Å²) in [6, 6.07) is 0. The van der Waals surface area contributed by atoms with E-state index in [-0.39, 0.29) is 28.9 Å². The zero-order valence-electron chi connectivity index (χ0n) is 21.3. The minimum absolute atomic E-state index is 0.0228. The maximum absolute atomic E-state index is 12.1. The summed E-state index contributed by atoms with van der Waals surface area (Å²) < 4.78 is 17.0. The highest BCUT2D eigenvalue weighted by Gasteiger charge is 2.06. The Balaban J connectivity index is 3.31. The van der Waals surface area contributed by atoms with Crippen LogP contribution in [0.3, 0.4) is 0 Å². The van der Waals surface area contributed by atoms with Gasteiger partial charge in [0.2, 0.25) is 0 Å². The Bertz CT molecular complexity index is 597. The second kappa shape index (κ2) is 35.5. The van der Waals surface area contributed by atoms with Crippen LogP contribution in [0.4, 0.5) is 0 Å². The maximum Gasteiger partial charge on any atom is 0.316 e. The second-order valence-corrected chi connectivity index (χ2v) is 21.3. The summed E-state index contributed by atoms with van der Waals surface area (Å²) in [6.45, 7) is 0.514. The second-order valence-electron chi connectivity index (χ2n) is 6.17. The lowest BCUT2D eigenvalue weighted by Crippen LogP contribution is -2.07. The number of rotatable bonds is 31. The van der Waals surface area contributed by atoms with E-state index < -0.39 is 10.8 Å². The summed E-state index contributed by atoms with van der Waals surface area (Å²) in [5.41, 5.74) is 0. The summed E-state index contributed by atoms with van der Waals surface area (Å²) in [6.07, 6.45) is 0. The standard InChI is InChI=1S/C19H36O8S12/c20-7-32-9-25-18(22)5-30-13-35-12-29-3-4-39(24)17-37-15-36-16-38-19(23)6-31-14-34-11-28-2-1-26-27-10-33-8-21/h20-21H,1-17H2. The average Bonchev–Trinajstić information content (AvgIpc) is 2.92. The molecule has 8 nitrogen and oxygen atoms in total. The molecule has 39 heavy (non-hydrogen) atoms. The Kier molecular flexibility index (Phi) is 38.2. The van der Waals surface area contributed by atoms with Crippen LogP contribution in [0.25, 0.3) is 0 Å². The third-order valence-electron chi connectivity index (χ3n) is 3.26. The third kappa shape index (κ3) is 35.3. The molecule has 0 radical (unpaired) electrons. The fourth-order valence-electron chi connectivity index (χ4n) is 1.69. The van der Waals surface area contributed by atoms with Gasteiger partial charge < -0.3 is 14.9 Å². The minimum Gasteiger partial charge on any atom is -0.454 e. The van der Waals surface area contributed by atoms with Crippen molar-refractivity contribution in [3.05, 3.63) is 0 Å². The van der Waals surface area contributed by atoms with Gasteiger partial charge in [0, 0.05) is 58.6 Å². The van der Waals surface area contributed by atoms with Gasteiger partial charge in [-0.3, -0.25) is 13.8 Å². The van der Waals surface area contributed by atoms with Gasteiger partial charge in [-0.2, -0.15) is 11.8 Å². The van der Waals surface area contributed by atoms with Gasteiger partial charge in [-0.15, -0.1) is 94.1 Å². The number of esters is 1. The van der Waals surface area contributed by atoms with Gasteiger partial charge >= 0.3 is 5.97 Å². The van der Waals surface area contributed by atoms with Gasteiger partial charge in [-0.05, 0) is 0 Å². The predicted molar refractivity (Wildman–Crippen MR) is 192 cm³/mol. The number of thioether (sulfide) groups is 11. The van der Waals surface area contributed by atoms with Crippen molar-refractivity contribution < 1.29 is 38.5 Å². The molecular weight excluding hydrogens is 741 g/mol. The van der Waals surface area contributed by atoms with Crippen molar-refractivity contribution >= 4 is 151 Å². The van der Waals surface area contributed by atoms with Crippen molar-refractivity contribution in [2.24, 2.45) is 0 Å². The quantitative estimate of drug-likeness (QED) is 0.0310. The molecule has 1 unspecified atom stereocenters. The van der Waals surface area contributed by atoms with E-state index in [9.17, 15) is 13.8 Å². The van der Waals surface area contributed by atoms with Gasteiger partial charge in [-0.1, -0.05) is 23.5 Å². The fourth-order valence-corrected chi connectivity index (χ4v) is 14.2. The Labute approximate surface area is 281 Å². The number of carbonyl (C=O) groups is 2. The van der Waals surface area contributed by atoms with Crippen molar-refractivity contribution in [2.45, 2.75) is 0 Å². The molecule has 0 saturated carbocycles. The van der Waals surface area contributed by atoms with Crippen LogP contribution in [0, 0.1) is 0 Å². The molecule has 0 aliphatic rings. The van der Waals surface area contributed by atoms with Crippen molar-refractivity contribution in [1.29, 1.82) is 0 Å². The molecule has 0 heterocycles. The van der Waals surface area contributed by atoms with E-state index in [1.165, 1.54) is 35.3 Å². The maximum atomic E-state index is 12.1. The third-order valence-corrected chi connectivity index (χ3v) is 17.1. The molecule has 1 atom stereocenters. The van der Waals surface area contributed by atoms with Crippen LogP contribution in [0.15, 0.2) is 0 Å². The molecule has 0 fully saturated rings. The first kappa shape index (κ1) is 42.0. The molecule has 20 heteroatoms. The van der Waals surface area contributed by atoms with Gasteiger partial charge in [-0.25, -0.2) is 9.78 Å². The molecule has 0 bridgehead atoms. The average molecular weight is 777 g/mol. The van der Waals surface area contributed by atoms with Crippen molar-refractivity contribution in [3.8, 4) is 0 Å². The monoisotopic (exact) mass is 776 g/mol. The van der Waals surface area contributed by atoms with Crippen LogP contribution in [-0.2, 0) is 34.9 Å². The highest BCUT2D eigenvalue weighted by molar-refractivity contribution is 8.29. The molecule has 0 spiro atoms. The Morgan fingerprint density at radius 2 is 1.26 bits per heavy atom. The lowest BCUT2D eigenvalue weighted by molar-refractivity contribution is -0.274. The summed E-state index contributed by atoms with van der Waals surface area (Å²) in [4.78, 5) is 33.2. The van der Waals surface area contributed by atoms with E-state index in [1.807, 2.05) is 0 Å². The molecule has 232 valence electrons. The highest BCUT2D eigenvalue weighted by atomic mass is 32.3. The van der Waals surface area contributed by atoms with Crippen LogP contribution in [0.2, 0.25) is 0 Å². The Morgan fingerprint density at radius 1 is 0.641 bits per heavy atom. The van der Waals surface area contributed by atoms with E-state index >= 15 is 0 Å². The molecule has 0 aromatic rings. The molecule has 0 aromatic heterocycles. The first-order chi connectivity index (χ1) is 19.1. The van der Waals surface area contributed by atoms with E-state index in [4.69, 9.17) is 24.7 Å². The van der Waals surface area contributed by atoms with E-state index in [0.29, 0.717) is 34.9 Å². The van der Waals surface area contributed by atoms with Crippen molar-refractivity contribution in [2.75, 3.05) is 94.7 Å². The minimum atomic E-state index is -0.835. The molecule has 0 rings (SSSR count). The zero-order chi connectivity index (χ0) is 28.7. The van der Waals surface area contributed by atoms with Crippen LogP contribution in [0.5, 0.6) is 0 Å². The topological polar surface area (TPSA) is 119 Å². The number of aliphatic hydroxyl groups is 2. The first-order valence-corrected chi connectivity index (χ1v) is 25.0. The van der Waals surface area contributed by atoms with E-state index in [2.05, 4.69) is 0 Å². The first-order valence-electron chi connectivity index (χ1n) is 11.0. The smallest absolute Gasteiger partial charge is 0.316 e. The molecule has 0 aliphatic heterocycles. The van der Waals surface area contributed by atoms with Crippen LogP contribution in [-0.4, -0.2) is 120 Å². The predicted octanol–water partition coefficient (Wildman–Crippen LogP) is 5.34. The van der Waals surface area contributed by atoms with Gasteiger partial charge in [0.15, 0.2) is 5.12 Å². The fraction of sp³-hybridized carbons (Fsp3) is 0.895. The molecule has 0 aliphatic carbocycles. The Hall–Kier alpha value is 2.98. The number of carbonyl (C=O) groups excluding carboxylic acids is 2. The molecule has 0 amide bonds. The van der Waals surface area contributed by atoms with Crippen molar-refractivity contribution in [3.63, 3.8) is 0 Å². The number of ether oxygens (including phenoxy) is 1. The van der Waals surface area contributed by atoms with Gasteiger partial charge in [0.1, 0.15) is 11.9 Å². The number of hydrogen-bond acceptors (Lipinski definition) is 19. The summed E-state index contributed by atoms with van der Waals surface area (Å²) in [5.74, 6) is 3.43. The lowest BCUT2D eigenvalue weighted by atomic mass is 10.8. The van der Waals surface area contributed by atoms with Gasteiger partial charge in [0.05, 0.1) is 35.1 Å². The van der Waals surface area contributed by atoms with Crippen molar-refractivity contribution in [1.82, 2.24) is 0 Å². The van der Waals surface area contributed by atoms with Crippen LogP contribution >= 0.6 is 129 Å². The largest absolute Gasteiger partial charge is 0.454 e. The Morgan fingerprint density at radius 3 is 2.00 bits per heavy atom. The molecular formula is C19H36O8S12. The van der Waals surface area contributed by atoms with Crippen LogP contribution in [0.1, 0.15) is 0 Å². The van der Waals surface area contributed by atoms with Crippen LogP contribution < -0.4 is 0 Å². The zero-order valence-corrected chi connectivity index (χ0v) is 31.1.